The van der Waals surface area contributed by atoms with Crippen LogP contribution in [0.4, 0.5) is 23.5 Å². The molecule has 0 aliphatic carbocycles. The first-order valence-electron chi connectivity index (χ1n) is 5.00. The Morgan fingerprint density at radius 2 is 1.70 bits per heavy atom. The minimum Gasteiger partial charge on any atom is -0.477 e. The number of H-pyrrole nitrogens is 2. The number of nitrogens with zero attached hydrogens (tertiary/aromatic N) is 3. The van der Waals surface area contributed by atoms with Gasteiger partial charge in [0.15, 0.2) is 5.69 Å². The summed E-state index contributed by atoms with van der Waals surface area (Å²) in [5, 5.41) is 11.3. The molecule has 0 saturated heterocycles. The van der Waals surface area contributed by atoms with E-state index in [1.807, 2.05) is 9.97 Å². The van der Waals surface area contributed by atoms with Crippen molar-refractivity contribution in [3.8, 4) is 0 Å². The highest BCUT2D eigenvalue weighted by molar-refractivity contribution is 5.92. The Labute approximate surface area is 108 Å². The molecule has 2 heterocycles. The van der Waals surface area contributed by atoms with Crippen LogP contribution in [-0.2, 0) is 0 Å². The monoisotopic (exact) mass is 280 g/mol. The Morgan fingerprint density at radius 3 is 2.25 bits per heavy atom. The summed E-state index contributed by atoms with van der Waals surface area (Å²) in [4.78, 5) is 48.2. The largest absolute Gasteiger partial charge is 0.477 e. The van der Waals surface area contributed by atoms with E-state index in [1.165, 1.54) is 0 Å². The molecule has 20 heavy (non-hydrogen) atoms. The number of hydrogen-bond donors (Lipinski definition) is 6. The van der Waals surface area contributed by atoms with Crippen molar-refractivity contribution in [2.75, 3.05) is 16.8 Å². The third-order valence-electron chi connectivity index (χ3n) is 2.06. The van der Waals surface area contributed by atoms with Gasteiger partial charge in [-0.05, 0) is 0 Å². The molecule has 0 unspecified atom stereocenters. The molecular formula is C8H8N8O4. The third-order valence-corrected chi connectivity index (χ3v) is 2.06. The molecule has 0 saturated carbocycles. The molecule has 8 N–H and O–H groups in total. The van der Waals surface area contributed by atoms with Crippen LogP contribution in [0.1, 0.15) is 10.5 Å². The van der Waals surface area contributed by atoms with E-state index < -0.39 is 28.6 Å². The van der Waals surface area contributed by atoms with Crippen molar-refractivity contribution in [3.63, 3.8) is 0 Å². The number of rotatable bonds is 3. The fourth-order valence-corrected chi connectivity index (χ4v) is 1.34. The van der Waals surface area contributed by atoms with E-state index in [1.54, 1.807) is 0 Å². The Morgan fingerprint density at radius 1 is 1.10 bits per heavy atom. The average Bonchev–Trinajstić information content (AvgIpc) is 2.30. The van der Waals surface area contributed by atoms with Gasteiger partial charge in [0, 0.05) is 0 Å². The van der Waals surface area contributed by atoms with Crippen LogP contribution < -0.4 is 28.0 Å². The van der Waals surface area contributed by atoms with Gasteiger partial charge in [0.2, 0.25) is 17.8 Å². The third kappa shape index (κ3) is 2.53. The zero-order chi connectivity index (χ0) is 14.9. The first kappa shape index (κ1) is 13.0. The van der Waals surface area contributed by atoms with Crippen molar-refractivity contribution < 1.29 is 9.90 Å². The first-order chi connectivity index (χ1) is 9.36. The van der Waals surface area contributed by atoms with Gasteiger partial charge in [-0.1, -0.05) is 0 Å². The van der Waals surface area contributed by atoms with Gasteiger partial charge in [0.05, 0.1) is 0 Å². The van der Waals surface area contributed by atoms with E-state index in [-0.39, 0.29) is 17.8 Å². The molecule has 12 heteroatoms. The van der Waals surface area contributed by atoms with Crippen molar-refractivity contribution >= 4 is 29.5 Å². The minimum absolute atomic E-state index is 0.224. The number of carbonyl (C=O) groups is 1. The number of aromatic amines is 2. The van der Waals surface area contributed by atoms with Gasteiger partial charge in [0.25, 0.3) is 5.56 Å². The number of carboxylic acid groups (broad SMARTS) is 1. The highest BCUT2D eigenvalue weighted by Crippen LogP contribution is 2.12. The Balaban J connectivity index is 2.56. The maximum absolute atomic E-state index is 11.6. The lowest BCUT2D eigenvalue weighted by Crippen LogP contribution is -2.29. The molecule has 0 aliphatic rings. The summed E-state index contributed by atoms with van der Waals surface area (Å²) in [6, 6.07) is 0. The highest BCUT2D eigenvalue weighted by atomic mass is 16.4. The minimum atomic E-state index is -1.52. The number of nitrogens with one attached hydrogen (secondary N) is 3. The standard InChI is InChI=1S/C8H8N8O4/c9-5-14-6(10)16-7(15-5)11-1-2(4(18)19)12-8(20)13-3(1)17/h(H,18,19)(H2,12,13,17,20)(H5,9,10,11,14,15,16). The quantitative estimate of drug-likeness (QED) is 0.359. The summed E-state index contributed by atoms with van der Waals surface area (Å²) in [5.74, 6) is -2.21. The van der Waals surface area contributed by atoms with Crippen molar-refractivity contribution in [2.45, 2.75) is 0 Å². The second-order valence-electron chi connectivity index (χ2n) is 3.46. The number of nitrogens with two attached hydrogens (primary N) is 2. The lowest BCUT2D eigenvalue weighted by Gasteiger charge is -2.06. The lowest BCUT2D eigenvalue weighted by molar-refractivity contribution is 0.0691. The van der Waals surface area contributed by atoms with E-state index in [0.29, 0.717) is 0 Å². The highest BCUT2D eigenvalue weighted by Gasteiger charge is 2.17. The number of anilines is 4. The predicted molar refractivity (Wildman–Crippen MR) is 66.6 cm³/mol. The van der Waals surface area contributed by atoms with E-state index in [9.17, 15) is 14.4 Å². The van der Waals surface area contributed by atoms with Gasteiger partial charge in [-0.15, -0.1) is 0 Å². The first-order valence-corrected chi connectivity index (χ1v) is 5.00. The zero-order valence-corrected chi connectivity index (χ0v) is 9.67. The molecule has 0 spiro atoms. The topological polar surface area (TPSA) is 206 Å². The molecule has 0 aliphatic heterocycles. The Bertz CT molecular complexity index is 774. The number of aromatic nitrogens is 5. The summed E-state index contributed by atoms with van der Waals surface area (Å²) in [6.45, 7) is 0. The molecule has 104 valence electrons. The normalized spacial score (nSPS) is 10.2. The molecule has 0 bridgehead atoms. The van der Waals surface area contributed by atoms with Crippen LogP contribution in [0.15, 0.2) is 9.59 Å². The SMILES string of the molecule is Nc1nc(N)nc(Nc2c(C(=O)O)[nH]c(=O)[nH]c2=O)n1. The summed E-state index contributed by atoms with van der Waals surface area (Å²) in [5.41, 5.74) is 7.60. The molecule has 0 fully saturated rings. The molecule has 2 aromatic heterocycles. The lowest BCUT2D eigenvalue weighted by atomic mass is 10.3. The summed E-state index contributed by atoms with van der Waals surface area (Å²) in [6.07, 6.45) is 0. The maximum Gasteiger partial charge on any atom is 0.354 e. The molecule has 12 nitrogen and oxygen atoms in total. The van der Waals surface area contributed by atoms with Crippen LogP contribution in [0.25, 0.3) is 0 Å². The van der Waals surface area contributed by atoms with Gasteiger partial charge >= 0.3 is 11.7 Å². The molecule has 2 aromatic rings. The van der Waals surface area contributed by atoms with Crippen LogP contribution in [0.2, 0.25) is 0 Å². The van der Waals surface area contributed by atoms with E-state index in [0.717, 1.165) is 0 Å². The van der Waals surface area contributed by atoms with Crippen molar-refractivity contribution in [2.24, 2.45) is 0 Å². The van der Waals surface area contributed by atoms with E-state index >= 15 is 0 Å². The molecule has 2 rings (SSSR count). The maximum atomic E-state index is 11.6. The van der Waals surface area contributed by atoms with Crippen LogP contribution >= 0.6 is 0 Å². The summed E-state index contributed by atoms with van der Waals surface area (Å²) in [7, 11) is 0. The number of carboxylic acids is 1. The van der Waals surface area contributed by atoms with Gasteiger partial charge in [-0.2, -0.15) is 15.0 Å². The number of aromatic carboxylic acids is 1. The molecule has 0 amide bonds. The summed E-state index contributed by atoms with van der Waals surface area (Å²) < 4.78 is 0. The molecule has 0 atom stereocenters. The van der Waals surface area contributed by atoms with Gasteiger partial charge in [0.1, 0.15) is 5.69 Å². The predicted octanol–water partition coefficient (Wildman–Crippen LogP) is -2.15. The second kappa shape index (κ2) is 4.68. The average molecular weight is 280 g/mol. The molecule has 0 radical (unpaired) electrons. The van der Waals surface area contributed by atoms with E-state index in [4.69, 9.17) is 16.6 Å². The Hall–Kier alpha value is -3.44. The van der Waals surface area contributed by atoms with E-state index in [2.05, 4.69) is 20.3 Å². The van der Waals surface area contributed by atoms with Gasteiger partial charge in [-0.3, -0.25) is 14.8 Å². The van der Waals surface area contributed by atoms with Crippen LogP contribution in [0.3, 0.4) is 0 Å². The number of hydrogen-bond acceptors (Lipinski definition) is 9. The van der Waals surface area contributed by atoms with Crippen LogP contribution in [0, 0.1) is 0 Å². The van der Waals surface area contributed by atoms with Crippen molar-refractivity contribution in [1.82, 2.24) is 24.9 Å². The smallest absolute Gasteiger partial charge is 0.354 e. The van der Waals surface area contributed by atoms with Gasteiger partial charge < -0.3 is 21.9 Å². The fourth-order valence-electron chi connectivity index (χ4n) is 1.34. The van der Waals surface area contributed by atoms with Crippen LogP contribution in [0.5, 0.6) is 0 Å². The molecule has 0 aromatic carbocycles. The zero-order valence-electron chi connectivity index (χ0n) is 9.67. The summed E-state index contributed by atoms with van der Waals surface area (Å²) >= 11 is 0. The van der Waals surface area contributed by atoms with Crippen molar-refractivity contribution in [1.29, 1.82) is 0 Å². The second-order valence-corrected chi connectivity index (χ2v) is 3.46. The van der Waals surface area contributed by atoms with Crippen molar-refractivity contribution in [3.05, 3.63) is 26.5 Å². The van der Waals surface area contributed by atoms with Gasteiger partial charge in [-0.25, -0.2) is 9.59 Å². The number of nitrogen functional groups attached to an aromatic ring is 2. The molecular weight excluding hydrogens is 272 g/mol. The fraction of sp³-hybridized carbons (Fsp3) is 0. The Kier molecular flexibility index (Phi) is 3.04. The van der Waals surface area contributed by atoms with Crippen LogP contribution in [-0.4, -0.2) is 36.0 Å².